The molecule has 5 N–H and O–H groups in total. The van der Waals surface area contributed by atoms with Crippen LogP contribution in [-0.2, 0) is 4.74 Å². The topological polar surface area (TPSA) is 109 Å². The first-order valence-electron chi connectivity index (χ1n) is 10.5. The van der Waals surface area contributed by atoms with Crippen molar-refractivity contribution in [1.29, 1.82) is 0 Å². The van der Waals surface area contributed by atoms with Gasteiger partial charge in [0.25, 0.3) is 0 Å². The summed E-state index contributed by atoms with van der Waals surface area (Å²) in [6, 6.07) is 11.6. The van der Waals surface area contributed by atoms with Crippen molar-refractivity contribution in [3.05, 3.63) is 53.8 Å². The van der Waals surface area contributed by atoms with E-state index in [0.717, 1.165) is 38.4 Å². The molecule has 9 heteroatoms. The van der Waals surface area contributed by atoms with Gasteiger partial charge in [0, 0.05) is 43.5 Å². The molecule has 4 rings (SSSR count). The molecule has 1 aliphatic rings. The molecule has 0 bridgehead atoms. The van der Waals surface area contributed by atoms with Gasteiger partial charge >= 0.3 is 0 Å². The van der Waals surface area contributed by atoms with Gasteiger partial charge < -0.3 is 26.2 Å². The number of aromatic hydroxyl groups is 1. The summed E-state index contributed by atoms with van der Waals surface area (Å²) in [5.41, 5.74) is 8.65. The van der Waals surface area contributed by atoms with E-state index in [2.05, 4.69) is 25.5 Å². The molecule has 1 aliphatic heterocycles. The Morgan fingerprint density at radius 3 is 2.72 bits per heavy atom. The number of hydrogen-bond acceptors (Lipinski definition) is 8. The van der Waals surface area contributed by atoms with E-state index in [0.29, 0.717) is 35.0 Å². The summed E-state index contributed by atoms with van der Waals surface area (Å²) >= 11 is 0. The second-order valence-electron chi connectivity index (χ2n) is 7.72. The molecule has 0 spiro atoms. The van der Waals surface area contributed by atoms with Crippen molar-refractivity contribution in [3.63, 3.8) is 0 Å². The first-order chi connectivity index (χ1) is 15.5. The van der Waals surface area contributed by atoms with Crippen LogP contribution in [0, 0.1) is 12.7 Å². The summed E-state index contributed by atoms with van der Waals surface area (Å²) in [4.78, 5) is 10.8. The number of nitrogens with one attached hydrogen (secondary N) is 2. The Labute approximate surface area is 186 Å². The fraction of sp³-hybridized carbons (Fsp3) is 0.304. The third-order valence-electron chi connectivity index (χ3n) is 5.26. The molecule has 0 saturated carbocycles. The molecule has 1 saturated heterocycles. The van der Waals surface area contributed by atoms with Crippen LogP contribution < -0.4 is 16.4 Å². The maximum atomic E-state index is 14.2. The number of nitrogen functional groups attached to an aromatic ring is 1. The summed E-state index contributed by atoms with van der Waals surface area (Å²) in [5.74, 6) is 0.358. The van der Waals surface area contributed by atoms with Gasteiger partial charge in [-0.15, -0.1) is 0 Å². The first kappa shape index (κ1) is 21.8. The fourth-order valence-corrected chi connectivity index (χ4v) is 3.56. The number of phenols is 1. The van der Waals surface area contributed by atoms with Crippen molar-refractivity contribution in [2.45, 2.75) is 6.92 Å². The van der Waals surface area contributed by atoms with Gasteiger partial charge in [-0.05, 0) is 42.8 Å². The monoisotopic (exact) mass is 438 g/mol. The molecule has 0 radical (unpaired) electrons. The first-order valence-corrected chi connectivity index (χ1v) is 10.5. The lowest BCUT2D eigenvalue weighted by molar-refractivity contribution is 0.0398. The third kappa shape index (κ3) is 5.43. The lowest BCUT2D eigenvalue weighted by Crippen LogP contribution is -2.39. The number of nitrogens with zero attached hydrogens (tertiary/aromatic N) is 3. The van der Waals surface area contributed by atoms with Crippen LogP contribution in [-0.4, -0.2) is 59.4 Å². The molecule has 0 aliphatic carbocycles. The molecule has 2 aromatic carbocycles. The molecule has 0 unspecified atom stereocenters. The highest BCUT2D eigenvalue weighted by atomic mass is 19.1. The number of halogens is 1. The van der Waals surface area contributed by atoms with Gasteiger partial charge in [0.1, 0.15) is 17.4 Å². The van der Waals surface area contributed by atoms with E-state index < -0.39 is 0 Å². The Morgan fingerprint density at radius 2 is 1.94 bits per heavy atom. The second kappa shape index (κ2) is 9.80. The van der Waals surface area contributed by atoms with Crippen molar-refractivity contribution in [2.75, 3.05) is 55.8 Å². The number of hydrogen-bond donors (Lipinski definition) is 4. The Hall–Kier alpha value is -3.43. The largest absolute Gasteiger partial charge is 0.507 e. The molecule has 8 nitrogen and oxygen atoms in total. The van der Waals surface area contributed by atoms with Crippen molar-refractivity contribution >= 4 is 23.1 Å². The van der Waals surface area contributed by atoms with Crippen LogP contribution in [0.2, 0.25) is 0 Å². The molecule has 1 aromatic heterocycles. The van der Waals surface area contributed by atoms with Gasteiger partial charge in [-0.1, -0.05) is 6.07 Å². The minimum absolute atomic E-state index is 0.0392. The molecule has 0 amide bonds. The fourth-order valence-electron chi connectivity index (χ4n) is 3.56. The van der Waals surface area contributed by atoms with Gasteiger partial charge in [-0.3, -0.25) is 4.90 Å². The predicted octanol–water partition coefficient (Wildman–Crippen LogP) is 3.37. The number of anilines is 4. The Morgan fingerprint density at radius 1 is 1.12 bits per heavy atom. The Balaban J connectivity index is 1.51. The van der Waals surface area contributed by atoms with E-state index in [1.165, 1.54) is 12.1 Å². The molecular formula is C23H27FN6O2. The number of rotatable bonds is 7. The number of aromatic nitrogens is 2. The summed E-state index contributed by atoms with van der Waals surface area (Å²) in [7, 11) is 0. The standard InChI is InChI=1S/C23H27FN6O2/c1-15-2-4-19(18(24)12-15)27-16-3-5-21(31)17(13-16)20-14-22(29-23(25)28-20)26-6-7-30-8-10-32-11-9-30/h2-5,12-14,27,31H,6-11H2,1H3,(H3,25,26,28,29). The summed E-state index contributed by atoms with van der Waals surface area (Å²) in [6.45, 7) is 6.70. The maximum absolute atomic E-state index is 14.2. The average Bonchev–Trinajstić information content (AvgIpc) is 2.77. The van der Waals surface area contributed by atoms with Crippen LogP contribution in [0.4, 0.5) is 27.5 Å². The van der Waals surface area contributed by atoms with Crippen molar-refractivity contribution in [1.82, 2.24) is 14.9 Å². The van der Waals surface area contributed by atoms with E-state index in [-0.39, 0.29) is 17.5 Å². The highest BCUT2D eigenvalue weighted by Crippen LogP contribution is 2.33. The normalized spacial score (nSPS) is 14.3. The van der Waals surface area contributed by atoms with Crippen LogP contribution in [0.15, 0.2) is 42.5 Å². The van der Waals surface area contributed by atoms with Crippen LogP contribution in [0.5, 0.6) is 5.75 Å². The zero-order valence-electron chi connectivity index (χ0n) is 17.9. The lowest BCUT2D eigenvalue weighted by Gasteiger charge is -2.26. The molecule has 1 fully saturated rings. The second-order valence-corrected chi connectivity index (χ2v) is 7.72. The molecule has 32 heavy (non-hydrogen) atoms. The van der Waals surface area contributed by atoms with E-state index in [1.54, 1.807) is 24.3 Å². The highest BCUT2D eigenvalue weighted by Gasteiger charge is 2.13. The van der Waals surface area contributed by atoms with E-state index >= 15 is 0 Å². The minimum Gasteiger partial charge on any atom is -0.507 e. The quantitative estimate of drug-likeness (QED) is 0.416. The summed E-state index contributed by atoms with van der Waals surface area (Å²) < 4.78 is 19.6. The molecular weight excluding hydrogens is 411 g/mol. The lowest BCUT2D eigenvalue weighted by atomic mass is 10.1. The van der Waals surface area contributed by atoms with Crippen molar-refractivity contribution in [3.8, 4) is 17.0 Å². The van der Waals surface area contributed by atoms with Crippen molar-refractivity contribution in [2.24, 2.45) is 0 Å². The zero-order chi connectivity index (χ0) is 22.5. The number of morpholine rings is 1. The minimum atomic E-state index is -0.349. The summed E-state index contributed by atoms with van der Waals surface area (Å²) in [5, 5.41) is 16.7. The van der Waals surface area contributed by atoms with Gasteiger partial charge in [-0.2, -0.15) is 4.98 Å². The van der Waals surface area contributed by atoms with Gasteiger partial charge in [0.05, 0.1) is 24.6 Å². The number of aryl methyl sites for hydroxylation is 1. The van der Waals surface area contributed by atoms with Crippen LogP contribution in [0.1, 0.15) is 5.56 Å². The molecule has 3 aromatic rings. The summed E-state index contributed by atoms with van der Waals surface area (Å²) in [6.07, 6.45) is 0. The smallest absolute Gasteiger partial charge is 0.222 e. The van der Waals surface area contributed by atoms with E-state index in [4.69, 9.17) is 10.5 Å². The molecule has 168 valence electrons. The van der Waals surface area contributed by atoms with Crippen LogP contribution in [0.25, 0.3) is 11.3 Å². The maximum Gasteiger partial charge on any atom is 0.222 e. The number of nitrogens with two attached hydrogens (primary N) is 1. The van der Waals surface area contributed by atoms with Crippen molar-refractivity contribution < 1.29 is 14.2 Å². The third-order valence-corrected chi connectivity index (χ3v) is 5.26. The van der Waals surface area contributed by atoms with Crippen LogP contribution in [0.3, 0.4) is 0 Å². The Bertz CT molecular complexity index is 1090. The van der Waals surface area contributed by atoms with Gasteiger partial charge in [0.2, 0.25) is 5.95 Å². The SMILES string of the molecule is Cc1ccc(Nc2ccc(O)c(-c3cc(NCCN4CCOCC4)nc(N)n3)c2)c(F)c1. The average molecular weight is 439 g/mol. The molecule has 2 heterocycles. The number of phenolic OH excluding ortho intramolecular Hbond substituents is 1. The zero-order valence-corrected chi connectivity index (χ0v) is 17.9. The van der Waals surface area contributed by atoms with Crippen LogP contribution >= 0.6 is 0 Å². The predicted molar refractivity (Wildman–Crippen MR) is 124 cm³/mol. The van der Waals surface area contributed by atoms with Gasteiger partial charge in [0.15, 0.2) is 0 Å². The molecule has 0 atom stereocenters. The van der Waals surface area contributed by atoms with E-state index in [9.17, 15) is 9.50 Å². The van der Waals surface area contributed by atoms with E-state index in [1.807, 2.05) is 13.0 Å². The Kier molecular flexibility index (Phi) is 6.67. The van der Waals surface area contributed by atoms with Gasteiger partial charge in [-0.25, -0.2) is 9.37 Å². The highest BCUT2D eigenvalue weighted by molar-refractivity contribution is 5.75. The number of ether oxygens (including phenoxy) is 1. The number of benzene rings is 2.